The van der Waals surface area contributed by atoms with Crippen molar-refractivity contribution in [3.8, 4) is 22.9 Å². The Kier molecular flexibility index (Phi) is 4.10. The van der Waals surface area contributed by atoms with Gasteiger partial charge in [-0.05, 0) is 25.1 Å². The number of aromatic nitrogens is 1. The molecular formula is C14H7F5N2O2. The highest BCUT2D eigenvalue weighted by Crippen LogP contribution is 2.35. The molecule has 120 valence electrons. The van der Waals surface area contributed by atoms with Crippen molar-refractivity contribution in [1.29, 1.82) is 5.26 Å². The van der Waals surface area contributed by atoms with Crippen molar-refractivity contribution in [2.75, 3.05) is 0 Å². The van der Waals surface area contributed by atoms with Crippen LogP contribution in [0.2, 0.25) is 0 Å². The smallest absolute Gasteiger partial charge is 0.403 e. The van der Waals surface area contributed by atoms with E-state index in [-0.39, 0.29) is 5.69 Å². The standard InChI is InChI=1S/C14H7F5N2O2/c1-6-4-7(8(5-20)13(22)21-6)11-9(15)2-3-10(12(11)16)23-14(17,18)19/h2-4H,1H3,(H,21,22). The van der Waals surface area contributed by atoms with E-state index in [2.05, 4.69) is 9.72 Å². The number of nitrogens with zero attached hydrogens (tertiary/aromatic N) is 1. The summed E-state index contributed by atoms with van der Waals surface area (Å²) < 4.78 is 68.4. The predicted octanol–water partition coefficient (Wildman–Crippen LogP) is 3.40. The van der Waals surface area contributed by atoms with Crippen LogP contribution in [0.25, 0.3) is 11.1 Å². The lowest BCUT2D eigenvalue weighted by Crippen LogP contribution is -2.18. The Hall–Kier alpha value is -2.89. The fraction of sp³-hybridized carbons (Fsp3) is 0.143. The number of hydrogen-bond acceptors (Lipinski definition) is 3. The molecule has 1 aromatic heterocycles. The van der Waals surface area contributed by atoms with Crippen molar-refractivity contribution < 1.29 is 26.7 Å². The minimum Gasteiger partial charge on any atom is -0.403 e. The van der Waals surface area contributed by atoms with Gasteiger partial charge in [-0.1, -0.05) is 0 Å². The van der Waals surface area contributed by atoms with Crippen molar-refractivity contribution in [1.82, 2.24) is 4.98 Å². The lowest BCUT2D eigenvalue weighted by atomic mass is 9.99. The zero-order valence-corrected chi connectivity index (χ0v) is 11.4. The summed E-state index contributed by atoms with van der Waals surface area (Å²) in [7, 11) is 0. The number of aromatic amines is 1. The number of aryl methyl sites for hydroxylation is 1. The third kappa shape index (κ3) is 3.31. The van der Waals surface area contributed by atoms with Crippen molar-refractivity contribution >= 4 is 0 Å². The molecular weight excluding hydrogens is 323 g/mol. The fourth-order valence-electron chi connectivity index (χ4n) is 1.98. The molecule has 0 aliphatic carbocycles. The predicted molar refractivity (Wildman–Crippen MR) is 68.5 cm³/mol. The number of nitriles is 1. The van der Waals surface area contributed by atoms with E-state index in [4.69, 9.17) is 5.26 Å². The average Bonchev–Trinajstić information content (AvgIpc) is 2.40. The molecule has 4 nitrogen and oxygen atoms in total. The van der Waals surface area contributed by atoms with Gasteiger partial charge in [-0.3, -0.25) is 4.79 Å². The SMILES string of the molecule is Cc1cc(-c2c(F)ccc(OC(F)(F)F)c2F)c(C#N)c(=O)[nH]1. The number of rotatable bonds is 2. The van der Waals surface area contributed by atoms with Gasteiger partial charge in [0, 0.05) is 11.3 Å². The molecule has 1 N–H and O–H groups in total. The van der Waals surface area contributed by atoms with E-state index in [1.54, 1.807) is 0 Å². The number of ether oxygens (including phenoxy) is 1. The third-order valence-corrected chi connectivity index (χ3v) is 2.83. The Bertz CT molecular complexity index is 865. The topological polar surface area (TPSA) is 65.9 Å². The minimum atomic E-state index is -5.18. The van der Waals surface area contributed by atoms with E-state index >= 15 is 0 Å². The quantitative estimate of drug-likeness (QED) is 0.858. The molecule has 2 rings (SSSR count). The van der Waals surface area contributed by atoms with Gasteiger partial charge < -0.3 is 9.72 Å². The van der Waals surface area contributed by atoms with Crippen LogP contribution in [0.3, 0.4) is 0 Å². The Balaban J connectivity index is 2.77. The first kappa shape index (κ1) is 16.5. The molecule has 0 spiro atoms. The number of nitrogens with one attached hydrogen (secondary N) is 1. The van der Waals surface area contributed by atoms with Gasteiger partial charge in [0.25, 0.3) is 5.56 Å². The summed E-state index contributed by atoms with van der Waals surface area (Å²) in [4.78, 5) is 13.9. The number of pyridine rings is 1. The molecule has 1 aromatic carbocycles. The highest BCUT2D eigenvalue weighted by Gasteiger charge is 2.33. The minimum absolute atomic E-state index is 0.171. The number of H-pyrrole nitrogens is 1. The highest BCUT2D eigenvalue weighted by molar-refractivity contribution is 5.72. The second-order valence-electron chi connectivity index (χ2n) is 4.46. The fourth-order valence-corrected chi connectivity index (χ4v) is 1.98. The number of hydrogen-bond donors (Lipinski definition) is 1. The van der Waals surface area contributed by atoms with Crippen LogP contribution in [0.4, 0.5) is 22.0 Å². The second kappa shape index (κ2) is 5.72. The lowest BCUT2D eigenvalue weighted by molar-refractivity contribution is -0.275. The van der Waals surface area contributed by atoms with Crippen LogP contribution >= 0.6 is 0 Å². The van der Waals surface area contributed by atoms with Gasteiger partial charge in [0.15, 0.2) is 11.6 Å². The Morgan fingerprint density at radius 1 is 1.26 bits per heavy atom. The average molecular weight is 330 g/mol. The normalized spacial score (nSPS) is 11.2. The van der Waals surface area contributed by atoms with E-state index in [1.807, 2.05) is 0 Å². The monoisotopic (exact) mass is 330 g/mol. The van der Waals surface area contributed by atoms with E-state index in [1.165, 1.54) is 13.0 Å². The first-order valence-electron chi connectivity index (χ1n) is 6.02. The molecule has 0 radical (unpaired) electrons. The molecule has 0 saturated carbocycles. The van der Waals surface area contributed by atoms with Crippen LogP contribution in [0, 0.1) is 29.9 Å². The van der Waals surface area contributed by atoms with Gasteiger partial charge in [-0.25, -0.2) is 8.78 Å². The summed E-state index contributed by atoms with van der Waals surface area (Å²) in [5, 5.41) is 8.96. The summed E-state index contributed by atoms with van der Waals surface area (Å²) in [6, 6.07) is 3.57. The lowest BCUT2D eigenvalue weighted by Gasteiger charge is -2.13. The molecule has 0 aliphatic heterocycles. The van der Waals surface area contributed by atoms with Crippen LogP contribution in [0.1, 0.15) is 11.3 Å². The van der Waals surface area contributed by atoms with Crippen LogP contribution in [0.5, 0.6) is 5.75 Å². The summed E-state index contributed by atoms with van der Waals surface area (Å²) >= 11 is 0. The molecule has 0 bridgehead atoms. The van der Waals surface area contributed by atoms with Gasteiger partial charge >= 0.3 is 6.36 Å². The summed E-state index contributed by atoms with van der Waals surface area (Å²) in [6.07, 6.45) is -5.18. The maximum Gasteiger partial charge on any atom is 0.573 e. The van der Waals surface area contributed by atoms with Crippen LogP contribution in [0.15, 0.2) is 23.0 Å². The van der Waals surface area contributed by atoms with Gasteiger partial charge in [0.1, 0.15) is 17.4 Å². The summed E-state index contributed by atoms with van der Waals surface area (Å²) in [5.74, 6) is -4.17. The number of alkyl halides is 3. The second-order valence-corrected chi connectivity index (χ2v) is 4.46. The molecule has 0 unspecified atom stereocenters. The molecule has 0 fully saturated rings. The van der Waals surface area contributed by atoms with E-state index < -0.39 is 46.0 Å². The molecule has 23 heavy (non-hydrogen) atoms. The van der Waals surface area contributed by atoms with Crippen molar-refractivity contribution in [3.63, 3.8) is 0 Å². The molecule has 0 amide bonds. The summed E-state index contributed by atoms with van der Waals surface area (Å²) in [6.45, 7) is 1.39. The maximum absolute atomic E-state index is 14.2. The van der Waals surface area contributed by atoms with Gasteiger partial charge in [0.05, 0.1) is 5.56 Å². The van der Waals surface area contributed by atoms with Crippen molar-refractivity contribution in [2.24, 2.45) is 0 Å². The Morgan fingerprint density at radius 3 is 2.48 bits per heavy atom. The van der Waals surface area contributed by atoms with E-state index in [0.29, 0.717) is 12.1 Å². The Labute approximate surface area is 125 Å². The zero-order valence-electron chi connectivity index (χ0n) is 11.4. The molecule has 2 aromatic rings. The number of halogens is 5. The molecule has 1 heterocycles. The number of benzene rings is 1. The van der Waals surface area contributed by atoms with E-state index in [9.17, 15) is 26.7 Å². The first-order valence-corrected chi connectivity index (χ1v) is 6.02. The Morgan fingerprint density at radius 2 is 1.91 bits per heavy atom. The van der Waals surface area contributed by atoms with E-state index in [0.717, 1.165) is 6.07 Å². The first-order chi connectivity index (χ1) is 10.6. The molecule has 9 heteroatoms. The van der Waals surface area contributed by atoms with Crippen molar-refractivity contribution in [2.45, 2.75) is 13.3 Å². The van der Waals surface area contributed by atoms with Crippen molar-refractivity contribution in [3.05, 3.63) is 51.4 Å². The van der Waals surface area contributed by atoms with Gasteiger partial charge in [-0.2, -0.15) is 5.26 Å². The highest BCUT2D eigenvalue weighted by atomic mass is 19.4. The van der Waals surface area contributed by atoms with Crippen LogP contribution < -0.4 is 10.3 Å². The largest absolute Gasteiger partial charge is 0.573 e. The molecule has 0 aliphatic rings. The molecule has 0 saturated heterocycles. The summed E-state index contributed by atoms with van der Waals surface area (Å²) in [5.41, 5.74) is -2.78. The van der Waals surface area contributed by atoms with Gasteiger partial charge in [-0.15, -0.1) is 13.2 Å². The third-order valence-electron chi connectivity index (χ3n) is 2.83. The van der Waals surface area contributed by atoms with Gasteiger partial charge in [0.2, 0.25) is 0 Å². The maximum atomic E-state index is 14.2. The molecule has 0 atom stereocenters. The van der Waals surface area contributed by atoms with Crippen LogP contribution in [-0.4, -0.2) is 11.3 Å². The van der Waals surface area contributed by atoms with Crippen LogP contribution in [-0.2, 0) is 0 Å². The zero-order chi connectivity index (χ0) is 17.4.